The molecule has 21 heavy (non-hydrogen) atoms. The van der Waals surface area contributed by atoms with Gasteiger partial charge in [0.1, 0.15) is 11.6 Å². The van der Waals surface area contributed by atoms with Crippen molar-refractivity contribution in [2.24, 2.45) is 0 Å². The van der Waals surface area contributed by atoms with Gasteiger partial charge >= 0.3 is 0 Å². The van der Waals surface area contributed by atoms with Gasteiger partial charge in [-0.05, 0) is 74.9 Å². The van der Waals surface area contributed by atoms with Crippen LogP contribution in [-0.4, -0.2) is 15.2 Å². The molecule has 0 amide bonds. The van der Waals surface area contributed by atoms with Gasteiger partial charge in [-0.3, -0.25) is 0 Å². The van der Waals surface area contributed by atoms with Crippen LogP contribution in [0.15, 0.2) is 45.4 Å². The van der Waals surface area contributed by atoms with Gasteiger partial charge in [-0.2, -0.15) is 4.98 Å². The summed E-state index contributed by atoms with van der Waals surface area (Å²) in [4.78, 5) is 4.26. The number of halogens is 3. The molecule has 0 saturated carbocycles. The number of phenols is 1. The summed E-state index contributed by atoms with van der Waals surface area (Å²) in [5, 5.41) is 13.6. The largest absolute Gasteiger partial charge is 0.507 e. The number of benzene rings is 2. The zero-order chi connectivity index (χ0) is 15.0. The van der Waals surface area contributed by atoms with Crippen LogP contribution in [-0.2, 0) is 0 Å². The highest BCUT2D eigenvalue weighted by Crippen LogP contribution is 2.29. The van der Waals surface area contributed by atoms with Crippen molar-refractivity contribution in [3.63, 3.8) is 0 Å². The van der Waals surface area contributed by atoms with E-state index in [-0.39, 0.29) is 17.5 Å². The minimum Gasteiger partial charge on any atom is -0.507 e. The number of phenolic OH excluding ortho intramolecular Hbond substituents is 1. The summed E-state index contributed by atoms with van der Waals surface area (Å²) >= 11 is 5.14. The highest BCUT2D eigenvalue weighted by atomic mass is 127. The summed E-state index contributed by atoms with van der Waals surface area (Å²) in [6.07, 6.45) is 0. The first-order chi connectivity index (χ1) is 10.0. The van der Waals surface area contributed by atoms with Crippen molar-refractivity contribution < 1.29 is 14.0 Å². The molecule has 0 fully saturated rings. The maximum Gasteiger partial charge on any atom is 0.258 e. The lowest BCUT2D eigenvalue weighted by Gasteiger charge is -1.98. The van der Waals surface area contributed by atoms with E-state index < -0.39 is 0 Å². The van der Waals surface area contributed by atoms with Crippen LogP contribution < -0.4 is 0 Å². The topological polar surface area (TPSA) is 59.2 Å². The quantitative estimate of drug-likeness (QED) is 0.567. The molecule has 1 aromatic heterocycles. The van der Waals surface area contributed by atoms with Gasteiger partial charge in [0.25, 0.3) is 5.89 Å². The Hall–Kier alpha value is -1.48. The Morgan fingerprint density at radius 2 is 1.90 bits per heavy atom. The maximum absolute atomic E-state index is 13.2. The molecule has 0 aliphatic heterocycles. The van der Waals surface area contributed by atoms with Gasteiger partial charge in [0.05, 0.1) is 8.04 Å². The Labute approximate surface area is 141 Å². The molecule has 7 heteroatoms. The van der Waals surface area contributed by atoms with Crippen LogP contribution in [0.4, 0.5) is 4.39 Å². The second kappa shape index (κ2) is 5.72. The molecule has 0 atom stereocenters. The van der Waals surface area contributed by atoms with Crippen LogP contribution in [0.2, 0.25) is 0 Å². The zero-order valence-corrected chi connectivity index (χ0v) is 14.1. The molecule has 106 valence electrons. The molecule has 3 aromatic rings. The molecular weight excluding hydrogens is 454 g/mol. The van der Waals surface area contributed by atoms with E-state index in [1.54, 1.807) is 30.3 Å². The first-order valence-electron chi connectivity index (χ1n) is 5.82. The molecule has 0 saturated heterocycles. The Morgan fingerprint density at radius 3 is 2.62 bits per heavy atom. The van der Waals surface area contributed by atoms with E-state index in [2.05, 4.69) is 26.1 Å². The van der Waals surface area contributed by atoms with E-state index in [0.29, 0.717) is 21.4 Å². The van der Waals surface area contributed by atoms with Crippen molar-refractivity contribution in [2.75, 3.05) is 0 Å². The minimum atomic E-state index is -0.356. The molecule has 1 N–H and O–H groups in total. The van der Waals surface area contributed by atoms with Crippen molar-refractivity contribution in [1.82, 2.24) is 10.1 Å². The molecule has 4 nitrogen and oxygen atoms in total. The number of aromatic hydroxyl groups is 1. The normalized spacial score (nSPS) is 10.8. The molecule has 0 aliphatic rings. The summed E-state index contributed by atoms with van der Waals surface area (Å²) in [5.74, 6) is 0.434. The molecule has 1 heterocycles. The van der Waals surface area contributed by atoms with Crippen LogP contribution in [0.3, 0.4) is 0 Å². The molecule has 0 spiro atoms. The SMILES string of the molecule is Oc1cc(-c2nc(-c3ccc(F)c(Br)c3)no2)ccc1I. The summed E-state index contributed by atoms with van der Waals surface area (Å²) in [7, 11) is 0. The third-order valence-corrected chi connectivity index (χ3v) is 4.32. The molecule has 3 rings (SSSR count). The number of aromatic nitrogens is 2. The van der Waals surface area contributed by atoms with E-state index in [1.807, 2.05) is 22.6 Å². The lowest BCUT2D eigenvalue weighted by molar-refractivity contribution is 0.431. The van der Waals surface area contributed by atoms with Crippen molar-refractivity contribution in [3.8, 4) is 28.6 Å². The second-order valence-electron chi connectivity index (χ2n) is 4.22. The lowest BCUT2D eigenvalue weighted by Crippen LogP contribution is -1.84. The van der Waals surface area contributed by atoms with Gasteiger partial charge in [-0.25, -0.2) is 4.39 Å². The average molecular weight is 461 g/mol. The van der Waals surface area contributed by atoms with Crippen molar-refractivity contribution >= 4 is 38.5 Å². The lowest BCUT2D eigenvalue weighted by atomic mass is 10.2. The van der Waals surface area contributed by atoms with Gasteiger partial charge in [-0.15, -0.1) is 0 Å². The Balaban J connectivity index is 1.99. The molecule has 0 aliphatic carbocycles. The van der Waals surface area contributed by atoms with Crippen LogP contribution in [0.25, 0.3) is 22.8 Å². The predicted octanol–water partition coefficient (Wildman–Crippen LogP) is 4.62. The number of rotatable bonds is 2. The fourth-order valence-electron chi connectivity index (χ4n) is 1.74. The zero-order valence-electron chi connectivity index (χ0n) is 10.3. The Bertz CT molecular complexity index is 756. The first kappa shape index (κ1) is 14.5. The van der Waals surface area contributed by atoms with Gasteiger partial charge in [-0.1, -0.05) is 5.16 Å². The fourth-order valence-corrected chi connectivity index (χ4v) is 2.45. The first-order valence-corrected chi connectivity index (χ1v) is 7.70. The van der Waals surface area contributed by atoms with E-state index in [0.717, 1.165) is 3.57 Å². The van der Waals surface area contributed by atoms with Gasteiger partial charge < -0.3 is 9.63 Å². The van der Waals surface area contributed by atoms with E-state index in [9.17, 15) is 9.50 Å². The number of hydrogen-bond donors (Lipinski definition) is 1. The molecular formula is C14H7BrFIN2O2. The van der Waals surface area contributed by atoms with Gasteiger partial charge in [0.2, 0.25) is 5.82 Å². The molecule has 0 radical (unpaired) electrons. The number of nitrogens with zero attached hydrogens (tertiary/aromatic N) is 2. The minimum absolute atomic E-state index is 0.150. The summed E-state index contributed by atoms with van der Waals surface area (Å²) < 4.78 is 19.5. The van der Waals surface area contributed by atoms with Crippen LogP contribution in [0.1, 0.15) is 0 Å². The van der Waals surface area contributed by atoms with Crippen molar-refractivity contribution in [3.05, 3.63) is 50.3 Å². The van der Waals surface area contributed by atoms with Crippen molar-refractivity contribution in [2.45, 2.75) is 0 Å². The maximum atomic E-state index is 13.2. The third kappa shape index (κ3) is 2.93. The van der Waals surface area contributed by atoms with E-state index >= 15 is 0 Å². The summed E-state index contributed by atoms with van der Waals surface area (Å²) in [5.41, 5.74) is 1.25. The molecule has 0 bridgehead atoms. The average Bonchev–Trinajstić information content (AvgIpc) is 2.94. The van der Waals surface area contributed by atoms with Crippen LogP contribution >= 0.6 is 38.5 Å². The Morgan fingerprint density at radius 1 is 1.14 bits per heavy atom. The molecule has 0 unspecified atom stereocenters. The van der Waals surface area contributed by atoms with Gasteiger partial charge in [0, 0.05) is 11.1 Å². The highest BCUT2D eigenvalue weighted by Gasteiger charge is 2.13. The van der Waals surface area contributed by atoms with E-state index in [1.165, 1.54) is 6.07 Å². The standard InChI is InChI=1S/C14H7BrFIN2O2/c15-9-5-7(1-3-10(9)16)13-18-14(21-19-13)8-2-4-11(17)12(20)6-8/h1-6,20H. The smallest absolute Gasteiger partial charge is 0.258 e. The summed E-state index contributed by atoms with van der Waals surface area (Å²) in [6.45, 7) is 0. The molecule has 2 aromatic carbocycles. The monoisotopic (exact) mass is 460 g/mol. The third-order valence-electron chi connectivity index (χ3n) is 2.80. The highest BCUT2D eigenvalue weighted by molar-refractivity contribution is 14.1. The number of hydrogen-bond acceptors (Lipinski definition) is 4. The summed E-state index contributed by atoms with van der Waals surface area (Å²) in [6, 6.07) is 9.56. The van der Waals surface area contributed by atoms with E-state index in [4.69, 9.17) is 4.52 Å². The predicted molar refractivity (Wildman–Crippen MR) is 87.2 cm³/mol. The Kier molecular flexibility index (Phi) is 3.94. The van der Waals surface area contributed by atoms with Gasteiger partial charge in [0.15, 0.2) is 0 Å². The van der Waals surface area contributed by atoms with Crippen LogP contribution in [0, 0.1) is 9.39 Å². The van der Waals surface area contributed by atoms with Crippen molar-refractivity contribution in [1.29, 1.82) is 0 Å². The fraction of sp³-hybridized carbons (Fsp3) is 0. The second-order valence-corrected chi connectivity index (χ2v) is 6.23. The van der Waals surface area contributed by atoms with Crippen LogP contribution in [0.5, 0.6) is 5.75 Å².